The molecule has 3 aromatic rings. The molecular weight excluding hydrogens is 370 g/mol. The minimum absolute atomic E-state index is 0.140. The fourth-order valence-corrected chi connectivity index (χ4v) is 3.26. The van der Waals surface area contributed by atoms with Crippen molar-refractivity contribution >= 4 is 35.0 Å². The van der Waals surface area contributed by atoms with Crippen LogP contribution in [0.1, 0.15) is 18.1 Å². The van der Waals surface area contributed by atoms with Gasteiger partial charge in [0.05, 0.1) is 10.9 Å². The zero-order valence-electron chi connectivity index (χ0n) is 14.6. The van der Waals surface area contributed by atoms with Gasteiger partial charge in [-0.15, -0.1) is 5.10 Å². The van der Waals surface area contributed by atoms with Crippen molar-refractivity contribution in [3.63, 3.8) is 0 Å². The fraction of sp³-hybridized carbons (Fsp3) is 0.222. The van der Waals surface area contributed by atoms with Crippen LogP contribution in [0.5, 0.6) is 0 Å². The van der Waals surface area contributed by atoms with Gasteiger partial charge in [-0.1, -0.05) is 47.1 Å². The van der Waals surface area contributed by atoms with Gasteiger partial charge in [0.1, 0.15) is 0 Å². The molecule has 0 aliphatic heterocycles. The first-order valence-corrected chi connectivity index (χ1v) is 9.29. The molecule has 6 nitrogen and oxygen atoms in total. The Balaban J connectivity index is 1.73. The zero-order chi connectivity index (χ0) is 18.7. The van der Waals surface area contributed by atoms with E-state index in [-0.39, 0.29) is 11.2 Å². The predicted molar refractivity (Wildman–Crippen MR) is 104 cm³/mol. The van der Waals surface area contributed by atoms with E-state index < -0.39 is 0 Å². The van der Waals surface area contributed by atoms with Gasteiger partial charge in [0.25, 0.3) is 0 Å². The van der Waals surface area contributed by atoms with Crippen LogP contribution in [0.3, 0.4) is 0 Å². The summed E-state index contributed by atoms with van der Waals surface area (Å²) in [5, 5.41) is 15.5. The first-order chi connectivity index (χ1) is 12.4. The molecule has 1 aromatic heterocycles. The third-order valence-corrected chi connectivity index (χ3v) is 5.10. The maximum Gasteiger partial charge on any atom is 0.237 e. The lowest BCUT2D eigenvalue weighted by atomic mass is 10.2. The topological polar surface area (TPSA) is 72.7 Å². The normalized spacial score (nSPS) is 12.0. The van der Waals surface area contributed by atoms with Crippen molar-refractivity contribution < 1.29 is 4.79 Å². The van der Waals surface area contributed by atoms with Crippen molar-refractivity contribution in [3.8, 4) is 5.69 Å². The highest BCUT2D eigenvalue weighted by Crippen LogP contribution is 2.25. The third-order valence-electron chi connectivity index (χ3n) is 3.83. The summed E-state index contributed by atoms with van der Waals surface area (Å²) in [6, 6.07) is 13.3. The van der Waals surface area contributed by atoms with Gasteiger partial charge in [0, 0.05) is 10.7 Å². The van der Waals surface area contributed by atoms with Crippen LogP contribution in [0.4, 0.5) is 5.69 Å². The van der Waals surface area contributed by atoms with E-state index in [1.807, 2.05) is 51.1 Å². The SMILES string of the molecule is Cc1ccc(-n2nnnc2S[C@H](C)C(=O)Nc2cc(Cl)ccc2C)cc1. The van der Waals surface area contributed by atoms with Gasteiger partial charge in [0.15, 0.2) is 0 Å². The van der Waals surface area contributed by atoms with Gasteiger partial charge in [0.2, 0.25) is 11.1 Å². The van der Waals surface area contributed by atoms with Crippen LogP contribution in [-0.4, -0.2) is 31.4 Å². The van der Waals surface area contributed by atoms with Crippen LogP contribution in [0.15, 0.2) is 47.6 Å². The molecule has 0 aliphatic rings. The average molecular weight is 388 g/mol. The Morgan fingerprint density at radius 1 is 1.19 bits per heavy atom. The smallest absolute Gasteiger partial charge is 0.237 e. The highest BCUT2D eigenvalue weighted by Gasteiger charge is 2.20. The molecule has 1 amide bonds. The number of hydrogen-bond donors (Lipinski definition) is 1. The first kappa shape index (κ1) is 18.4. The summed E-state index contributed by atoms with van der Waals surface area (Å²) in [4.78, 5) is 12.5. The second kappa shape index (κ2) is 7.88. The van der Waals surface area contributed by atoms with Crippen molar-refractivity contribution in [2.24, 2.45) is 0 Å². The average Bonchev–Trinajstić information content (AvgIpc) is 3.07. The molecule has 1 N–H and O–H groups in total. The Morgan fingerprint density at radius 2 is 1.92 bits per heavy atom. The molecule has 0 aliphatic carbocycles. The highest BCUT2D eigenvalue weighted by molar-refractivity contribution is 8.00. The lowest BCUT2D eigenvalue weighted by molar-refractivity contribution is -0.115. The van der Waals surface area contributed by atoms with E-state index in [1.165, 1.54) is 11.8 Å². The summed E-state index contributed by atoms with van der Waals surface area (Å²) in [7, 11) is 0. The number of nitrogens with one attached hydrogen (secondary N) is 1. The Labute approximate surface area is 160 Å². The molecule has 8 heteroatoms. The van der Waals surface area contributed by atoms with Crippen LogP contribution in [0.2, 0.25) is 5.02 Å². The van der Waals surface area contributed by atoms with Gasteiger partial charge in [-0.3, -0.25) is 4.79 Å². The lowest BCUT2D eigenvalue weighted by Crippen LogP contribution is -2.23. The predicted octanol–water partition coefficient (Wildman–Crippen LogP) is 4.05. The largest absolute Gasteiger partial charge is 0.325 e. The molecule has 0 unspecified atom stereocenters. The van der Waals surface area contributed by atoms with E-state index in [4.69, 9.17) is 11.6 Å². The number of tetrazole rings is 1. The molecule has 134 valence electrons. The van der Waals surface area contributed by atoms with E-state index in [0.29, 0.717) is 15.9 Å². The lowest BCUT2D eigenvalue weighted by Gasteiger charge is -2.13. The van der Waals surface area contributed by atoms with Gasteiger partial charge in [-0.05, 0) is 61.0 Å². The van der Waals surface area contributed by atoms with E-state index in [2.05, 4.69) is 20.8 Å². The minimum Gasteiger partial charge on any atom is -0.325 e. The van der Waals surface area contributed by atoms with Crippen molar-refractivity contribution in [2.75, 3.05) is 5.32 Å². The maximum absolute atomic E-state index is 12.5. The van der Waals surface area contributed by atoms with Crippen LogP contribution in [0.25, 0.3) is 5.69 Å². The maximum atomic E-state index is 12.5. The zero-order valence-corrected chi connectivity index (χ0v) is 16.2. The van der Waals surface area contributed by atoms with Crippen molar-refractivity contribution in [1.82, 2.24) is 20.2 Å². The number of hydrogen-bond acceptors (Lipinski definition) is 5. The number of aromatic nitrogens is 4. The van der Waals surface area contributed by atoms with Crippen molar-refractivity contribution in [3.05, 3.63) is 58.6 Å². The van der Waals surface area contributed by atoms with E-state index in [1.54, 1.807) is 16.8 Å². The van der Waals surface area contributed by atoms with Crippen LogP contribution >= 0.6 is 23.4 Å². The number of rotatable bonds is 5. The Kier molecular flexibility index (Phi) is 5.58. The first-order valence-electron chi connectivity index (χ1n) is 8.03. The third kappa shape index (κ3) is 4.23. The number of carbonyl (C=O) groups is 1. The Hall–Kier alpha value is -2.38. The standard InChI is InChI=1S/C18H18ClN5OS/c1-11-4-8-15(9-5-11)24-18(21-22-23-24)26-13(3)17(25)20-16-10-14(19)7-6-12(16)2/h4-10,13H,1-3H3,(H,20,25)/t13-/m1/s1. The summed E-state index contributed by atoms with van der Waals surface area (Å²) < 4.78 is 1.62. The molecule has 0 saturated carbocycles. The van der Waals surface area contributed by atoms with Gasteiger partial charge in [-0.25, -0.2) is 0 Å². The summed E-state index contributed by atoms with van der Waals surface area (Å²) in [6.07, 6.45) is 0. The molecule has 0 saturated heterocycles. The molecule has 3 rings (SSSR count). The summed E-state index contributed by atoms with van der Waals surface area (Å²) in [6.45, 7) is 5.75. The van der Waals surface area contributed by atoms with Crippen LogP contribution in [0, 0.1) is 13.8 Å². The second-order valence-electron chi connectivity index (χ2n) is 5.92. The summed E-state index contributed by atoms with van der Waals surface area (Å²) in [5.74, 6) is -0.140. The number of amides is 1. The number of anilines is 1. The molecule has 2 aromatic carbocycles. The van der Waals surface area contributed by atoms with Gasteiger partial charge < -0.3 is 5.32 Å². The number of carbonyl (C=O) groups excluding carboxylic acids is 1. The molecule has 0 spiro atoms. The van der Waals surface area contributed by atoms with Gasteiger partial charge in [-0.2, -0.15) is 4.68 Å². The minimum atomic E-state index is -0.386. The summed E-state index contributed by atoms with van der Waals surface area (Å²) >= 11 is 7.30. The van der Waals surface area contributed by atoms with E-state index >= 15 is 0 Å². The van der Waals surface area contributed by atoms with E-state index in [9.17, 15) is 4.79 Å². The molecule has 1 atom stereocenters. The van der Waals surface area contributed by atoms with Crippen molar-refractivity contribution in [2.45, 2.75) is 31.2 Å². The van der Waals surface area contributed by atoms with Crippen LogP contribution in [-0.2, 0) is 4.79 Å². The molecule has 0 bridgehead atoms. The second-order valence-corrected chi connectivity index (χ2v) is 7.66. The molecule has 0 radical (unpaired) electrons. The summed E-state index contributed by atoms with van der Waals surface area (Å²) in [5.41, 5.74) is 3.65. The van der Waals surface area contributed by atoms with E-state index in [0.717, 1.165) is 16.8 Å². The Morgan fingerprint density at radius 3 is 2.65 bits per heavy atom. The van der Waals surface area contributed by atoms with Crippen LogP contribution < -0.4 is 5.32 Å². The molecule has 26 heavy (non-hydrogen) atoms. The number of nitrogens with zero attached hydrogens (tertiary/aromatic N) is 4. The molecule has 0 fully saturated rings. The number of benzene rings is 2. The monoisotopic (exact) mass is 387 g/mol. The highest BCUT2D eigenvalue weighted by atomic mass is 35.5. The quantitative estimate of drug-likeness (QED) is 0.668. The number of aryl methyl sites for hydroxylation is 2. The number of halogens is 1. The number of thioether (sulfide) groups is 1. The van der Waals surface area contributed by atoms with Gasteiger partial charge >= 0.3 is 0 Å². The molecular formula is C18H18ClN5OS. The molecule has 1 heterocycles. The fourth-order valence-electron chi connectivity index (χ4n) is 2.28. The Bertz CT molecular complexity index is 926. The van der Waals surface area contributed by atoms with Crippen molar-refractivity contribution in [1.29, 1.82) is 0 Å².